The first kappa shape index (κ1) is 12.8. The van der Waals surface area contributed by atoms with Crippen LogP contribution in [0.2, 0.25) is 0 Å². The molecule has 2 unspecified atom stereocenters. The van der Waals surface area contributed by atoms with Gasteiger partial charge in [0.25, 0.3) is 0 Å². The van der Waals surface area contributed by atoms with E-state index in [1.54, 1.807) is 0 Å². The SMILES string of the molecule is c1ccc2c(c1)SCCC2NC1CSc2ccccc21. The minimum Gasteiger partial charge on any atom is -0.302 e. The molecule has 0 radical (unpaired) electrons. The monoisotopic (exact) mass is 299 g/mol. The number of hydrogen-bond acceptors (Lipinski definition) is 3. The molecule has 1 N–H and O–H groups in total. The number of benzene rings is 2. The molecule has 0 aliphatic carbocycles. The normalized spacial score (nSPS) is 24.2. The predicted molar refractivity (Wildman–Crippen MR) is 87.6 cm³/mol. The second-order valence-electron chi connectivity index (χ2n) is 5.30. The van der Waals surface area contributed by atoms with Gasteiger partial charge in [-0.2, -0.15) is 0 Å². The number of thioether (sulfide) groups is 2. The maximum absolute atomic E-state index is 3.90. The lowest BCUT2D eigenvalue weighted by atomic mass is 10.0. The summed E-state index contributed by atoms with van der Waals surface area (Å²) in [7, 11) is 0. The van der Waals surface area contributed by atoms with Crippen LogP contribution in [-0.4, -0.2) is 11.5 Å². The van der Waals surface area contributed by atoms with Crippen molar-refractivity contribution < 1.29 is 0 Å². The molecule has 20 heavy (non-hydrogen) atoms. The molecule has 0 saturated carbocycles. The van der Waals surface area contributed by atoms with Gasteiger partial charge in [0.05, 0.1) is 0 Å². The fourth-order valence-corrected chi connectivity index (χ4v) is 5.36. The summed E-state index contributed by atoms with van der Waals surface area (Å²) in [6.07, 6.45) is 1.23. The van der Waals surface area contributed by atoms with Gasteiger partial charge >= 0.3 is 0 Å². The molecule has 0 saturated heterocycles. The van der Waals surface area contributed by atoms with Gasteiger partial charge in [-0.05, 0) is 35.4 Å². The lowest BCUT2D eigenvalue weighted by Crippen LogP contribution is -2.28. The second kappa shape index (κ2) is 5.47. The highest BCUT2D eigenvalue weighted by atomic mass is 32.2. The number of nitrogens with one attached hydrogen (secondary N) is 1. The van der Waals surface area contributed by atoms with E-state index in [0.29, 0.717) is 12.1 Å². The van der Waals surface area contributed by atoms with Crippen LogP contribution in [0.5, 0.6) is 0 Å². The van der Waals surface area contributed by atoms with Gasteiger partial charge in [-0.15, -0.1) is 23.5 Å². The molecule has 0 fully saturated rings. The highest BCUT2D eigenvalue weighted by Crippen LogP contribution is 2.42. The molecule has 4 rings (SSSR count). The Morgan fingerprint density at radius 3 is 2.25 bits per heavy atom. The third kappa shape index (κ3) is 2.28. The first-order valence-corrected chi connectivity index (χ1v) is 9.08. The predicted octanol–water partition coefficient (Wildman–Crippen LogP) is 4.66. The van der Waals surface area contributed by atoms with E-state index in [4.69, 9.17) is 0 Å². The first-order valence-electron chi connectivity index (χ1n) is 7.11. The molecule has 0 aromatic heterocycles. The van der Waals surface area contributed by atoms with Gasteiger partial charge in [0.1, 0.15) is 0 Å². The smallest absolute Gasteiger partial charge is 0.0431 e. The van der Waals surface area contributed by atoms with Crippen LogP contribution >= 0.6 is 23.5 Å². The van der Waals surface area contributed by atoms with Crippen LogP contribution in [0.4, 0.5) is 0 Å². The fraction of sp³-hybridized carbons (Fsp3) is 0.294. The Bertz CT molecular complexity index is 626. The van der Waals surface area contributed by atoms with E-state index in [0.717, 1.165) is 5.75 Å². The summed E-state index contributed by atoms with van der Waals surface area (Å²) in [5.41, 5.74) is 2.96. The molecule has 102 valence electrons. The Labute approximate surface area is 128 Å². The number of rotatable bonds is 2. The van der Waals surface area contributed by atoms with E-state index in [2.05, 4.69) is 53.8 Å². The Morgan fingerprint density at radius 2 is 1.45 bits per heavy atom. The van der Waals surface area contributed by atoms with Crippen LogP contribution < -0.4 is 5.32 Å². The van der Waals surface area contributed by atoms with Gasteiger partial charge in [0, 0.05) is 27.6 Å². The van der Waals surface area contributed by atoms with E-state index in [9.17, 15) is 0 Å². The molecular weight excluding hydrogens is 282 g/mol. The highest BCUT2D eigenvalue weighted by molar-refractivity contribution is 7.99. The van der Waals surface area contributed by atoms with Crippen LogP contribution in [0.3, 0.4) is 0 Å². The van der Waals surface area contributed by atoms with E-state index in [1.165, 1.54) is 33.1 Å². The Kier molecular flexibility index (Phi) is 3.51. The van der Waals surface area contributed by atoms with Crippen molar-refractivity contribution in [3.8, 4) is 0 Å². The zero-order chi connectivity index (χ0) is 13.4. The molecule has 0 spiro atoms. The Balaban J connectivity index is 1.59. The Morgan fingerprint density at radius 1 is 0.800 bits per heavy atom. The van der Waals surface area contributed by atoms with Crippen molar-refractivity contribution in [2.45, 2.75) is 28.3 Å². The van der Waals surface area contributed by atoms with Crippen molar-refractivity contribution >= 4 is 23.5 Å². The highest BCUT2D eigenvalue weighted by Gasteiger charge is 2.27. The zero-order valence-corrected chi connectivity index (χ0v) is 12.8. The summed E-state index contributed by atoms with van der Waals surface area (Å²) in [5.74, 6) is 2.38. The van der Waals surface area contributed by atoms with Crippen LogP contribution in [0, 0.1) is 0 Å². The van der Waals surface area contributed by atoms with Gasteiger partial charge in [-0.25, -0.2) is 0 Å². The third-order valence-electron chi connectivity index (χ3n) is 4.06. The zero-order valence-electron chi connectivity index (χ0n) is 11.2. The fourth-order valence-electron chi connectivity index (χ4n) is 3.06. The molecule has 2 heterocycles. The van der Waals surface area contributed by atoms with Gasteiger partial charge in [0.2, 0.25) is 0 Å². The molecule has 2 atom stereocenters. The summed E-state index contributed by atoms with van der Waals surface area (Å²) in [6, 6.07) is 18.7. The standard InChI is InChI=1S/C17H17NS2/c1-3-7-16-12(5-1)14(9-10-19-16)18-15-11-20-17-8-4-2-6-13(15)17/h1-8,14-15,18H,9-11H2. The van der Waals surface area contributed by atoms with Crippen molar-refractivity contribution in [1.29, 1.82) is 0 Å². The summed E-state index contributed by atoms with van der Waals surface area (Å²) in [6.45, 7) is 0. The molecule has 2 aromatic rings. The summed E-state index contributed by atoms with van der Waals surface area (Å²) >= 11 is 3.97. The molecule has 2 aliphatic heterocycles. The molecule has 0 bridgehead atoms. The van der Waals surface area contributed by atoms with Crippen LogP contribution in [0.25, 0.3) is 0 Å². The van der Waals surface area contributed by atoms with Crippen molar-refractivity contribution in [3.63, 3.8) is 0 Å². The van der Waals surface area contributed by atoms with Crippen molar-refractivity contribution in [2.24, 2.45) is 0 Å². The van der Waals surface area contributed by atoms with Gasteiger partial charge in [-0.3, -0.25) is 0 Å². The van der Waals surface area contributed by atoms with E-state index in [1.807, 2.05) is 23.5 Å². The van der Waals surface area contributed by atoms with Crippen molar-refractivity contribution in [3.05, 3.63) is 59.7 Å². The maximum Gasteiger partial charge on any atom is 0.0431 e. The topological polar surface area (TPSA) is 12.0 Å². The first-order chi connectivity index (χ1) is 9.92. The maximum atomic E-state index is 3.90. The van der Waals surface area contributed by atoms with Crippen LogP contribution in [0.15, 0.2) is 58.3 Å². The van der Waals surface area contributed by atoms with Crippen molar-refractivity contribution in [2.75, 3.05) is 11.5 Å². The molecule has 2 aliphatic rings. The largest absolute Gasteiger partial charge is 0.302 e. The van der Waals surface area contributed by atoms with Gasteiger partial charge < -0.3 is 5.32 Å². The second-order valence-corrected chi connectivity index (χ2v) is 7.49. The number of fused-ring (bicyclic) bond motifs is 2. The van der Waals surface area contributed by atoms with Crippen molar-refractivity contribution in [1.82, 2.24) is 5.32 Å². The molecule has 2 aromatic carbocycles. The minimum absolute atomic E-state index is 0.498. The van der Waals surface area contributed by atoms with Gasteiger partial charge in [-0.1, -0.05) is 36.4 Å². The van der Waals surface area contributed by atoms with E-state index in [-0.39, 0.29) is 0 Å². The minimum atomic E-state index is 0.498. The average Bonchev–Trinajstić information content (AvgIpc) is 2.91. The number of hydrogen-bond donors (Lipinski definition) is 1. The molecular formula is C17H17NS2. The van der Waals surface area contributed by atoms with Gasteiger partial charge in [0.15, 0.2) is 0 Å². The quantitative estimate of drug-likeness (QED) is 0.866. The molecule has 3 heteroatoms. The average molecular weight is 299 g/mol. The molecule has 0 amide bonds. The van der Waals surface area contributed by atoms with Crippen LogP contribution in [-0.2, 0) is 0 Å². The molecule has 1 nitrogen and oxygen atoms in total. The summed E-state index contributed by atoms with van der Waals surface area (Å²) < 4.78 is 0. The van der Waals surface area contributed by atoms with E-state index >= 15 is 0 Å². The lowest BCUT2D eigenvalue weighted by molar-refractivity contribution is 0.455. The Hall–Kier alpha value is -0.900. The van der Waals surface area contributed by atoms with E-state index < -0.39 is 0 Å². The van der Waals surface area contributed by atoms with Crippen LogP contribution in [0.1, 0.15) is 29.6 Å². The summed E-state index contributed by atoms with van der Waals surface area (Å²) in [4.78, 5) is 2.90. The lowest BCUT2D eigenvalue weighted by Gasteiger charge is -2.29. The summed E-state index contributed by atoms with van der Waals surface area (Å²) in [5, 5.41) is 3.90. The third-order valence-corrected chi connectivity index (χ3v) is 6.37.